The number of anilines is 1. The first-order chi connectivity index (χ1) is 10.0. The number of aromatic hydroxyl groups is 1. The van der Waals surface area contributed by atoms with E-state index in [0.29, 0.717) is 28.8 Å². The molecule has 4 nitrogen and oxygen atoms in total. The fraction of sp³-hybridized carbons (Fsp3) is 0.200. The smallest absolute Gasteiger partial charge is 0.200 e. The van der Waals surface area contributed by atoms with E-state index in [9.17, 15) is 9.50 Å². The summed E-state index contributed by atoms with van der Waals surface area (Å²) < 4.78 is 23.4. The van der Waals surface area contributed by atoms with Crippen molar-refractivity contribution in [3.63, 3.8) is 0 Å². The average Bonchev–Trinajstić information content (AvgIpc) is 2.45. The lowest BCUT2D eigenvalue weighted by Crippen LogP contribution is -2.01. The first kappa shape index (κ1) is 15.3. The topological polar surface area (TPSA) is 50.7 Å². The highest BCUT2D eigenvalue weighted by Gasteiger charge is 2.11. The summed E-state index contributed by atoms with van der Waals surface area (Å²) in [4.78, 5) is 0. The van der Waals surface area contributed by atoms with Gasteiger partial charge in [-0.3, -0.25) is 0 Å². The van der Waals surface area contributed by atoms with Crippen LogP contribution in [-0.4, -0.2) is 19.3 Å². The van der Waals surface area contributed by atoms with Gasteiger partial charge in [-0.25, -0.2) is 4.39 Å². The van der Waals surface area contributed by atoms with Gasteiger partial charge in [0.1, 0.15) is 5.82 Å². The molecule has 0 aliphatic rings. The van der Waals surface area contributed by atoms with E-state index in [4.69, 9.17) is 21.1 Å². The summed E-state index contributed by atoms with van der Waals surface area (Å²) in [6.45, 7) is 0.396. The highest BCUT2D eigenvalue weighted by molar-refractivity contribution is 6.30. The number of hydrogen-bond donors (Lipinski definition) is 2. The molecule has 0 aliphatic heterocycles. The molecule has 0 atom stereocenters. The van der Waals surface area contributed by atoms with E-state index in [2.05, 4.69) is 5.32 Å². The molecule has 0 fully saturated rings. The summed E-state index contributed by atoms with van der Waals surface area (Å²) in [6.07, 6.45) is 0. The van der Waals surface area contributed by atoms with E-state index in [1.165, 1.54) is 26.4 Å². The van der Waals surface area contributed by atoms with E-state index in [-0.39, 0.29) is 5.75 Å². The van der Waals surface area contributed by atoms with Gasteiger partial charge in [-0.15, -0.1) is 0 Å². The number of phenolic OH excluding ortho intramolecular Hbond substituents is 1. The third kappa shape index (κ3) is 3.70. The number of benzene rings is 2. The maximum atomic E-state index is 13.2. The lowest BCUT2D eigenvalue weighted by Gasteiger charge is -2.12. The van der Waals surface area contributed by atoms with Crippen molar-refractivity contribution in [1.82, 2.24) is 0 Å². The molecule has 0 saturated carbocycles. The Bertz CT molecular complexity index is 604. The van der Waals surface area contributed by atoms with E-state index in [1.807, 2.05) is 0 Å². The van der Waals surface area contributed by atoms with Gasteiger partial charge in [-0.2, -0.15) is 0 Å². The molecule has 0 radical (unpaired) electrons. The van der Waals surface area contributed by atoms with Gasteiger partial charge >= 0.3 is 0 Å². The van der Waals surface area contributed by atoms with Crippen LogP contribution in [-0.2, 0) is 6.54 Å². The van der Waals surface area contributed by atoms with Crippen molar-refractivity contribution in [3.8, 4) is 17.2 Å². The molecular formula is C15H15ClFNO3. The number of methoxy groups -OCH3 is 2. The highest BCUT2D eigenvalue weighted by atomic mass is 35.5. The Morgan fingerprint density at radius 3 is 2.24 bits per heavy atom. The second-order valence-electron chi connectivity index (χ2n) is 4.36. The Labute approximate surface area is 127 Å². The SMILES string of the molecule is COc1cc(CNc2cc(F)cc(Cl)c2)cc(OC)c1O. The van der Waals surface area contributed by atoms with Crippen molar-refractivity contribution in [3.05, 3.63) is 46.7 Å². The van der Waals surface area contributed by atoms with Crippen LogP contribution in [0, 0.1) is 5.82 Å². The molecule has 0 heterocycles. The minimum Gasteiger partial charge on any atom is -0.502 e. The monoisotopic (exact) mass is 311 g/mol. The van der Waals surface area contributed by atoms with E-state index in [1.54, 1.807) is 18.2 Å². The highest BCUT2D eigenvalue weighted by Crippen LogP contribution is 2.37. The molecule has 6 heteroatoms. The molecule has 2 N–H and O–H groups in total. The molecule has 0 unspecified atom stereocenters. The lowest BCUT2D eigenvalue weighted by molar-refractivity contribution is 0.339. The fourth-order valence-electron chi connectivity index (χ4n) is 1.91. The summed E-state index contributed by atoms with van der Waals surface area (Å²) in [5.41, 5.74) is 1.37. The zero-order valence-corrected chi connectivity index (χ0v) is 12.4. The second-order valence-corrected chi connectivity index (χ2v) is 4.80. The molecule has 2 rings (SSSR count). The van der Waals surface area contributed by atoms with Gasteiger partial charge in [0, 0.05) is 17.3 Å². The fourth-order valence-corrected chi connectivity index (χ4v) is 2.13. The van der Waals surface area contributed by atoms with Crippen LogP contribution in [0.25, 0.3) is 0 Å². The maximum absolute atomic E-state index is 13.2. The summed E-state index contributed by atoms with van der Waals surface area (Å²) in [7, 11) is 2.91. The summed E-state index contributed by atoms with van der Waals surface area (Å²) in [5, 5.41) is 13.2. The van der Waals surface area contributed by atoms with Gasteiger partial charge in [0.15, 0.2) is 11.5 Å². The molecule has 0 aromatic heterocycles. The lowest BCUT2D eigenvalue weighted by atomic mass is 10.1. The van der Waals surface area contributed by atoms with Crippen molar-refractivity contribution in [1.29, 1.82) is 0 Å². The van der Waals surface area contributed by atoms with Crippen LogP contribution < -0.4 is 14.8 Å². The molecule has 0 aliphatic carbocycles. The zero-order valence-electron chi connectivity index (χ0n) is 11.6. The Morgan fingerprint density at radius 2 is 1.71 bits per heavy atom. The molecule has 112 valence electrons. The molecule has 2 aromatic carbocycles. The minimum atomic E-state index is -0.411. The molecule has 0 spiro atoms. The van der Waals surface area contributed by atoms with Crippen LogP contribution in [0.2, 0.25) is 5.02 Å². The number of phenols is 1. The second kappa shape index (κ2) is 6.54. The Balaban J connectivity index is 2.19. The third-order valence-corrected chi connectivity index (χ3v) is 3.12. The van der Waals surface area contributed by atoms with Gasteiger partial charge < -0.3 is 19.9 Å². The summed E-state index contributed by atoms with van der Waals surface area (Å²) in [5.74, 6) is 0.148. The van der Waals surface area contributed by atoms with Crippen molar-refractivity contribution < 1.29 is 19.0 Å². The number of halogens is 2. The van der Waals surface area contributed by atoms with Crippen LogP contribution in [0.4, 0.5) is 10.1 Å². The van der Waals surface area contributed by atoms with Crippen molar-refractivity contribution >= 4 is 17.3 Å². The molecule has 0 amide bonds. The normalized spacial score (nSPS) is 10.3. The van der Waals surface area contributed by atoms with Crippen LogP contribution in [0.1, 0.15) is 5.56 Å². The Morgan fingerprint density at radius 1 is 1.10 bits per heavy atom. The van der Waals surface area contributed by atoms with Crippen molar-refractivity contribution in [2.45, 2.75) is 6.54 Å². The molecule has 2 aromatic rings. The Hall–Kier alpha value is -2.14. The van der Waals surface area contributed by atoms with Gasteiger partial charge in [0.2, 0.25) is 5.75 Å². The standard InChI is InChI=1S/C15H15ClFNO3/c1-20-13-3-9(4-14(21-2)15(13)19)8-18-12-6-10(16)5-11(17)7-12/h3-7,18-19H,8H2,1-2H3. The molecule has 0 bridgehead atoms. The third-order valence-electron chi connectivity index (χ3n) is 2.90. The number of hydrogen-bond acceptors (Lipinski definition) is 4. The molecule has 0 saturated heterocycles. The quantitative estimate of drug-likeness (QED) is 0.881. The van der Waals surface area contributed by atoms with Gasteiger partial charge in [0.05, 0.1) is 14.2 Å². The first-order valence-electron chi connectivity index (χ1n) is 6.17. The average molecular weight is 312 g/mol. The van der Waals surface area contributed by atoms with Crippen molar-refractivity contribution in [2.75, 3.05) is 19.5 Å². The predicted octanol–water partition coefficient (Wildman–Crippen LogP) is 3.81. The maximum Gasteiger partial charge on any atom is 0.200 e. The number of nitrogens with one attached hydrogen (secondary N) is 1. The Kier molecular flexibility index (Phi) is 4.75. The first-order valence-corrected chi connectivity index (χ1v) is 6.55. The number of rotatable bonds is 5. The molecule has 21 heavy (non-hydrogen) atoms. The van der Waals surface area contributed by atoms with Crippen molar-refractivity contribution in [2.24, 2.45) is 0 Å². The van der Waals surface area contributed by atoms with Gasteiger partial charge in [-0.1, -0.05) is 11.6 Å². The number of ether oxygens (including phenoxy) is 2. The van der Waals surface area contributed by atoms with E-state index >= 15 is 0 Å². The van der Waals surface area contributed by atoms with E-state index < -0.39 is 5.82 Å². The van der Waals surface area contributed by atoms with Gasteiger partial charge in [0.25, 0.3) is 0 Å². The summed E-state index contributed by atoms with van der Waals surface area (Å²) >= 11 is 5.79. The largest absolute Gasteiger partial charge is 0.502 e. The van der Waals surface area contributed by atoms with E-state index in [0.717, 1.165) is 5.56 Å². The summed E-state index contributed by atoms with van der Waals surface area (Å²) in [6, 6.07) is 7.55. The molecular weight excluding hydrogens is 297 g/mol. The minimum absolute atomic E-state index is 0.0578. The predicted molar refractivity (Wildman–Crippen MR) is 79.9 cm³/mol. The zero-order chi connectivity index (χ0) is 15.4. The van der Waals surface area contributed by atoms with Gasteiger partial charge in [-0.05, 0) is 35.9 Å². The van der Waals surface area contributed by atoms with Crippen LogP contribution in [0.5, 0.6) is 17.2 Å². The van der Waals surface area contributed by atoms with Crippen LogP contribution in [0.15, 0.2) is 30.3 Å². The van der Waals surface area contributed by atoms with Crippen LogP contribution >= 0.6 is 11.6 Å². The van der Waals surface area contributed by atoms with Crippen LogP contribution in [0.3, 0.4) is 0 Å².